The first-order chi connectivity index (χ1) is 7.29. The zero-order chi connectivity index (χ0) is 11.1. The van der Waals surface area contributed by atoms with E-state index in [1.165, 1.54) is 30.8 Å². The lowest BCUT2D eigenvalue weighted by Gasteiger charge is -2.02. The van der Waals surface area contributed by atoms with Gasteiger partial charge in [0, 0.05) is 6.54 Å². The summed E-state index contributed by atoms with van der Waals surface area (Å²) >= 11 is 1.38. The van der Waals surface area contributed by atoms with Gasteiger partial charge in [-0.2, -0.15) is 9.64 Å². The van der Waals surface area contributed by atoms with Crippen molar-refractivity contribution in [2.24, 2.45) is 0 Å². The number of unbranched alkanes of at least 4 members (excludes halogenated alkanes) is 3. The second-order valence-corrected chi connectivity index (χ2v) is 4.34. The standard InChI is InChI=1S/C11H17N3S/c1-3-4-5-6-7-13-11-10(8-12)9(2)14-15-11/h13H,3-7H2,1-2H3. The molecular weight excluding hydrogens is 206 g/mol. The molecule has 0 fully saturated rings. The first kappa shape index (κ1) is 12.0. The van der Waals surface area contributed by atoms with E-state index in [0.29, 0.717) is 5.56 Å². The maximum absolute atomic E-state index is 8.91. The second kappa shape index (κ2) is 6.41. The van der Waals surface area contributed by atoms with E-state index in [4.69, 9.17) is 5.26 Å². The minimum Gasteiger partial charge on any atom is -0.375 e. The molecule has 0 saturated carbocycles. The van der Waals surface area contributed by atoms with Crippen LogP contribution in [-0.4, -0.2) is 10.9 Å². The third kappa shape index (κ3) is 3.52. The number of aryl methyl sites for hydroxylation is 1. The molecule has 82 valence electrons. The Morgan fingerprint density at radius 2 is 2.20 bits per heavy atom. The van der Waals surface area contributed by atoms with Crippen LogP contribution in [0.5, 0.6) is 0 Å². The average molecular weight is 223 g/mol. The number of aromatic nitrogens is 1. The van der Waals surface area contributed by atoms with E-state index in [0.717, 1.165) is 23.7 Å². The van der Waals surface area contributed by atoms with Gasteiger partial charge in [0.1, 0.15) is 16.6 Å². The molecule has 0 aliphatic heterocycles. The van der Waals surface area contributed by atoms with E-state index in [1.807, 2.05) is 6.92 Å². The van der Waals surface area contributed by atoms with Gasteiger partial charge in [-0.15, -0.1) is 0 Å². The Morgan fingerprint density at radius 3 is 2.87 bits per heavy atom. The Bertz CT molecular complexity index is 338. The molecule has 1 N–H and O–H groups in total. The molecule has 0 aliphatic rings. The number of nitrogens with one attached hydrogen (secondary N) is 1. The van der Waals surface area contributed by atoms with Crippen molar-refractivity contribution in [3.05, 3.63) is 11.3 Å². The summed E-state index contributed by atoms with van der Waals surface area (Å²) in [5.74, 6) is 0. The van der Waals surface area contributed by atoms with Crippen LogP contribution in [0.2, 0.25) is 0 Å². The molecule has 3 nitrogen and oxygen atoms in total. The van der Waals surface area contributed by atoms with Crippen molar-refractivity contribution in [2.75, 3.05) is 11.9 Å². The van der Waals surface area contributed by atoms with Crippen molar-refractivity contribution in [1.82, 2.24) is 4.37 Å². The van der Waals surface area contributed by atoms with E-state index < -0.39 is 0 Å². The molecule has 15 heavy (non-hydrogen) atoms. The van der Waals surface area contributed by atoms with Gasteiger partial charge in [0.2, 0.25) is 0 Å². The first-order valence-electron chi connectivity index (χ1n) is 5.39. The lowest BCUT2D eigenvalue weighted by Crippen LogP contribution is -2.01. The SMILES string of the molecule is CCCCCCNc1snc(C)c1C#N. The highest BCUT2D eigenvalue weighted by atomic mass is 32.1. The summed E-state index contributed by atoms with van der Waals surface area (Å²) in [5.41, 5.74) is 1.54. The van der Waals surface area contributed by atoms with Crippen molar-refractivity contribution in [3.63, 3.8) is 0 Å². The predicted octanol–water partition coefficient (Wildman–Crippen LogP) is 3.32. The third-order valence-electron chi connectivity index (χ3n) is 2.29. The largest absolute Gasteiger partial charge is 0.375 e. The number of hydrogen-bond acceptors (Lipinski definition) is 4. The minimum atomic E-state index is 0.704. The van der Waals surface area contributed by atoms with Crippen LogP contribution in [0.25, 0.3) is 0 Å². The quantitative estimate of drug-likeness (QED) is 0.753. The summed E-state index contributed by atoms with van der Waals surface area (Å²) in [6.07, 6.45) is 4.95. The molecule has 0 bridgehead atoms. The van der Waals surface area contributed by atoms with Gasteiger partial charge in [0.05, 0.1) is 5.69 Å². The molecule has 0 atom stereocenters. The van der Waals surface area contributed by atoms with Crippen LogP contribution in [0.4, 0.5) is 5.00 Å². The maximum Gasteiger partial charge on any atom is 0.127 e. The lowest BCUT2D eigenvalue weighted by molar-refractivity contribution is 0.685. The summed E-state index contributed by atoms with van der Waals surface area (Å²) in [7, 11) is 0. The van der Waals surface area contributed by atoms with Gasteiger partial charge in [-0.1, -0.05) is 26.2 Å². The minimum absolute atomic E-state index is 0.704. The fraction of sp³-hybridized carbons (Fsp3) is 0.636. The first-order valence-corrected chi connectivity index (χ1v) is 6.17. The molecule has 1 heterocycles. The summed E-state index contributed by atoms with van der Waals surface area (Å²) in [6.45, 7) is 5.02. The van der Waals surface area contributed by atoms with E-state index >= 15 is 0 Å². The van der Waals surface area contributed by atoms with Crippen LogP contribution < -0.4 is 5.32 Å². The Morgan fingerprint density at radius 1 is 1.40 bits per heavy atom. The fourth-order valence-electron chi connectivity index (χ4n) is 1.38. The second-order valence-electron chi connectivity index (χ2n) is 3.57. The third-order valence-corrected chi connectivity index (χ3v) is 3.19. The van der Waals surface area contributed by atoms with Gasteiger partial charge < -0.3 is 5.32 Å². The highest BCUT2D eigenvalue weighted by Gasteiger charge is 2.08. The smallest absolute Gasteiger partial charge is 0.127 e. The lowest BCUT2D eigenvalue weighted by atomic mass is 10.2. The number of nitriles is 1. The average Bonchev–Trinajstić information content (AvgIpc) is 2.59. The van der Waals surface area contributed by atoms with Crippen molar-refractivity contribution < 1.29 is 0 Å². The number of hydrogen-bond donors (Lipinski definition) is 1. The monoisotopic (exact) mass is 223 g/mol. The van der Waals surface area contributed by atoms with Crippen LogP contribution in [0.15, 0.2) is 0 Å². The Kier molecular flexibility index (Phi) is 5.13. The summed E-state index contributed by atoms with van der Waals surface area (Å²) < 4.78 is 4.16. The van der Waals surface area contributed by atoms with E-state index in [2.05, 4.69) is 22.7 Å². The van der Waals surface area contributed by atoms with Crippen LogP contribution in [0.3, 0.4) is 0 Å². The van der Waals surface area contributed by atoms with Gasteiger partial charge in [-0.05, 0) is 24.9 Å². The highest BCUT2D eigenvalue weighted by Crippen LogP contribution is 2.23. The molecular formula is C11H17N3S. The van der Waals surface area contributed by atoms with Crippen LogP contribution >= 0.6 is 11.5 Å². The molecule has 1 aromatic heterocycles. The summed E-state index contributed by atoms with van der Waals surface area (Å²) in [4.78, 5) is 0. The van der Waals surface area contributed by atoms with Crippen molar-refractivity contribution in [3.8, 4) is 6.07 Å². The normalized spacial score (nSPS) is 9.93. The summed E-state index contributed by atoms with van der Waals surface area (Å²) in [5, 5.41) is 13.1. The molecule has 0 aliphatic carbocycles. The maximum atomic E-state index is 8.91. The molecule has 0 saturated heterocycles. The number of nitrogens with zero attached hydrogens (tertiary/aromatic N) is 2. The number of anilines is 1. The number of rotatable bonds is 6. The van der Waals surface area contributed by atoms with E-state index in [1.54, 1.807) is 0 Å². The van der Waals surface area contributed by atoms with Gasteiger partial charge in [0.25, 0.3) is 0 Å². The molecule has 1 aromatic rings. The van der Waals surface area contributed by atoms with E-state index in [9.17, 15) is 0 Å². The van der Waals surface area contributed by atoms with Gasteiger partial charge in [-0.3, -0.25) is 0 Å². The topological polar surface area (TPSA) is 48.7 Å². The molecule has 0 unspecified atom stereocenters. The molecule has 0 amide bonds. The highest BCUT2D eigenvalue weighted by molar-refractivity contribution is 7.10. The van der Waals surface area contributed by atoms with Crippen molar-refractivity contribution in [1.29, 1.82) is 5.26 Å². The molecule has 4 heteroatoms. The van der Waals surface area contributed by atoms with Crippen LogP contribution in [-0.2, 0) is 0 Å². The predicted molar refractivity (Wildman–Crippen MR) is 64.2 cm³/mol. The van der Waals surface area contributed by atoms with Crippen LogP contribution in [0.1, 0.15) is 43.9 Å². The van der Waals surface area contributed by atoms with Crippen molar-refractivity contribution in [2.45, 2.75) is 39.5 Å². The molecule has 0 radical (unpaired) electrons. The zero-order valence-electron chi connectivity index (χ0n) is 9.34. The zero-order valence-corrected chi connectivity index (χ0v) is 10.2. The molecule has 0 aromatic carbocycles. The Labute approximate surface area is 95.3 Å². The summed E-state index contributed by atoms with van der Waals surface area (Å²) in [6, 6.07) is 2.18. The molecule has 0 spiro atoms. The Balaban J connectivity index is 2.35. The van der Waals surface area contributed by atoms with Gasteiger partial charge >= 0.3 is 0 Å². The molecule has 1 rings (SSSR count). The fourth-order valence-corrected chi connectivity index (χ4v) is 2.15. The Hall–Kier alpha value is -1.08. The van der Waals surface area contributed by atoms with Crippen molar-refractivity contribution >= 4 is 16.5 Å². The van der Waals surface area contributed by atoms with E-state index in [-0.39, 0.29) is 0 Å². The van der Waals surface area contributed by atoms with Gasteiger partial charge in [0.15, 0.2) is 0 Å². The van der Waals surface area contributed by atoms with Crippen LogP contribution in [0, 0.1) is 18.3 Å². The van der Waals surface area contributed by atoms with Gasteiger partial charge in [-0.25, -0.2) is 0 Å².